The molecule has 1 aliphatic heterocycles. The molecule has 9 heteroatoms. The number of hydrogen-bond donors (Lipinski definition) is 1. The Morgan fingerprint density at radius 1 is 1.15 bits per heavy atom. The lowest BCUT2D eigenvalue weighted by Crippen LogP contribution is -2.58. The molecule has 0 amide bonds. The molecule has 1 N–H and O–H groups in total. The van der Waals surface area contributed by atoms with E-state index in [0.29, 0.717) is 30.2 Å². The predicted octanol–water partition coefficient (Wildman–Crippen LogP) is 5.62. The quantitative estimate of drug-likeness (QED) is 0.524. The van der Waals surface area contributed by atoms with Crippen LogP contribution in [0.15, 0.2) is 53.2 Å². The monoisotopic (exact) mass is 467 g/mol. The van der Waals surface area contributed by atoms with Crippen molar-refractivity contribution < 1.29 is 27.6 Å². The third-order valence-electron chi connectivity index (χ3n) is 6.83. The third-order valence-corrected chi connectivity index (χ3v) is 6.83. The largest absolute Gasteiger partial charge is 0.478 e. The molecule has 1 spiro atoms. The molecule has 174 valence electrons. The van der Waals surface area contributed by atoms with Crippen molar-refractivity contribution >= 4 is 17.4 Å². The van der Waals surface area contributed by atoms with Crippen molar-refractivity contribution in [2.45, 2.75) is 31.4 Å². The number of carboxylic acid groups (broad SMARTS) is 1. The molecule has 3 aliphatic rings. The number of pyridine rings is 1. The molecule has 1 saturated heterocycles. The van der Waals surface area contributed by atoms with Gasteiger partial charge in [0.2, 0.25) is 0 Å². The van der Waals surface area contributed by atoms with Gasteiger partial charge in [0.25, 0.3) is 0 Å². The molecule has 0 bridgehead atoms. The third kappa shape index (κ3) is 3.38. The van der Waals surface area contributed by atoms with E-state index in [1.54, 1.807) is 12.1 Å². The van der Waals surface area contributed by atoms with Gasteiger partial charge in [-0.2, -0.15) is 13.2 Å². The summed E-state index contributed by atoms with van der Waals surface area (Å²) in [6.45, 7) is 1.43. The maximum atomic E-state index is 13.7. The highest BCUT2D eigenvalue weighted by Crippen LogP contribution is 2.56. The van der Waals surface area contributed by atoms with Crippen LogP contribution in [0.5, 0.6) is 0 Å². The number of carbonyl (C=O) groups is 1. The van der Waals surface area contributed by atoms with Crippen LogP contribution in [0.25, 0.3) is 16.8 Å². The fourth-order valence-corrected chi connectivity index (χ4v) is 5.02. The summed E-state index contributed by atoms with van der Waals surface area (Å²) in [5, 5.41) is 13.1. The van der Waals surface area contributed by atoms with Crippen LogP contribution in [0.3, 0.4) is 0 Å². The Kier molecular flexibility index (Phi) is 4.43. The molecule has 2 aliphatic carbocycles. The van der Waals surface area contributed by atoms with Crippen LogP contribution < -0.4 is 4.90 Å². The Morgan fingerprint density at radius 2 is 1.88 bits per heavy atom. The van der Waals surface area contributed by atoms with Crippen LogP contribution in [-0.2, 0) is 6.18 Å². The van der Waals surface area contributed by atoms with Gasteiger partial charge in [-0.3, -0.25) is 0 Å². The molecule has 0 radical (unpaired) electrons. The Bertz CT molecular complexity index is 1320. The zero-order valence-electron chi connectivity index (χ0n) is 18.0. The first kappa shape index (κ1) is 20.9. The average molecular weight is 467 g/mol. The fraction of sp³-hybridized carbons (Fsp3) is 0.320. The number of aromatic nitrogens is 2. The summed E-state index contributed by atoms with van der Waals surface area (Å²) >= 11 is 0. The number of aromatic carboxylic acids is 1. The van der Waals surface area contributed by atoms with E-state index in [1.165, 1.54) is 24.4 Å². The smallest absolute Gasteiger partial charge is 0.417 e. The molecule has 0 unspecified atom stereocenters. The van der Waals surface area contributed by atoms with Gasteiger partial charge in [0.05, 0.1) is 11.1 Å². The number of alkyl halides is 3. The van der Waals surface area contributed by atoms with Crippen LogP contribution in [0.4, 0.5) is 19.0 Å². The summed E-state index contributed by atoms with van der Waals surface area (Å²) in [5.74, 6) is 0.589. The van der Waals surface area contributed by atoms with Gasteiger partial charge in [0, 0.05) is 41.7 Å². The minimum absolute atomic E-state index is 0.0421. The number of benzene rings is 1. The lowest BCUT2D eigenvalue weighted by atomic mass is 9.63. The van der Waals surface area contributed by atoms with Crippen LogP contribution in [0, 0.1) is 5.41 Å². The van der Waals surface area contributed by atoms with Gasteiger partial charge in [-0.05, 0) is 43.0 Å². The molecule has 2 fully saturated rings. The molecule has 0 atom stereocenters. The van der Waals surface area contributed by atoms with Crippen molar-refractivity contribution in [1.29, 1.82) is 0 Å². The summed E-state index contributed by atoms with van der Waals surface area (Å²) < 4.78 is 46.7. The van der Waals surface area contributed by atoms with Gasteiger partial charge in [-0.25, -0.2) is 9.78 Å². The van der Waals surface area contributed by atoms with E-state index in [2.05, 4.69) is 21.1 Å². The maximum Gasteiger partial charge on any atom is 0.417 e. The van der Waals surface area contributed by atoms with E-state index < -0.39 is 17.7 Å². The second-order valence-corrected chi connectivity index (χ2v) is 9.36. The molecule has 6 nitrogen and oxygen atoms in total. The van der Waals surface area contributed by atoms with Gasteiger partial charge < -0.3 is 14.5 Å². The van der Waals surface area contributed by atoms with Gasteiger partial charge in [0.1, 0.15) is 17.3 Å². The maximum absolute atomic E-state index is 13.7. The van der Waals surface area contributed by atoms with Crippen molar-refractivity contribution in [2.24, 2.45) is 5.41 Å². The lowest BCUT2D eigenvalue weighted by Gasteiger charge is -2.54. The normalized spacial score (nSPS) is 18.9. The van der Waals surface area contributed by atoms with E-state index in [1.807, 2.05) is 0 Å². The first-order valence-electron chi connectivity index (χ1n) is 11.1. The number of nitrogens with zero attached hydrogens (tertiary/aromatic N) is 3. The topological polar surface area (TPSA) is 79.5 Å². The summed E-state index contributed by atoms with van der Waals surface area (Å²) in [6, 6.07) is 8.72. The second kappa shape index (κ2) is 7.19. The van der Waals surface area contributed by atoms with Gasteiger partial charge in [-0.15, -0.1) is 0 Å². The molecule has 3 aromatic rings. The summed E-state index contributed by atoms with van der Waals surface area (Å²) in [6.07, 6.45) is 1.61. The number of carboxylic acids is 1. The Labute approximate surface area is 192 Å². The highest BCUT2D eigenvalue weighted by atomic mass is 19.4. The van der Waals surface area contributed by atoms with E-state index in [4.69, 9.17) is 9.63 Å². The molecular weight excluding hydrogens is 447 g/mol. The number of halogens is 3. The van der Waals surface area contributed by atoms with Gasteiger partial charge >= 0.3 is 12.1 Å². The van der Waals surface area contributed by atoms with Gasteiger partial charge in [-0.1, -0.05) is 29.4 Å². The summed E-state index contributed by atoms with van der Waals surface area (Å²) in [7, 11) is 0. The van der Waals surface area contributed by atoms with Crippen molar-refractivity contribution in [1.82, 2.24) is 10.1 Å². The average Bonchev–Trinajstić information content (AvgIpc) is 3.51. The Balaban J connectivity index is 1.29. The lowest BCUT2D eigenvalue weighted by molar-refractivity contribution is -0.137. The number of anilines is 1. The van der Waals surface area contributed by atoms with E-state index >= 15 is 0 Å². The molecule has 2 aromatic heterocycles. The summed E-state index contributed by atoms with van der Waals surface area (Å²) in [4.78, 5) is 17.3. The minimum atomic E-state index is -4.49. The number of rotatable bonds is 5. The molecular formula is C25H20F3N3O3. The van der Waals surface area contributed by atoms with Crippen molar-refractivity contribution in [3.8, 4) is 11.3 Å². The highest BCUT2D eigenvalue weighted by molar-refractivity contribution is 5.88. The zero-order chi connectivity index (χ0) is 23.7. The molecule has 1 saturated carbocycles. The first-order valence-corrected chi connectivity index (χ1v) is 11.1. The van der Waals surface area contributed by atoms with Crippen molar-refractivity contribution in [3.05, 3.63) is 71.1 Å². The van der Waals surface area contributed by atoms with E-state index in [9.17, 15) is 18.0 Å². The van der Waals surface area contributed by atoms with E-state index in [0.717, 1.165) is 30.9 Å². The number of hydrogen-bond acceptors (Lipinski definition) is 5. The van der Waals surface area contributed by atoms with E-state index in [-0.39, 0.29) is 28.2 Å². The van der Waals surface area contributed by atoms with Crippen LogP contribution >= 0.6 is 0 Å². The Morgan fingerprint density at radius 3 is 2.50 bits per heavy atom. The molecule has 6 rings (SSSR count). The SMILES string of the molecule is O=C(O)c1ccc(N2CC3(C=C(c4c(-c5ccccc5C(F)(F)F)noc4C4CC4)C3)C2)nc1. The number of allylic oxidation sites excluding steroid dienone is 1. The van der Waals surface area contributed by atoms with Crippen LogP contribution in [0.1, 0.15) is 52.4 Å². The van der Waals surface area contributed by atoms with Gasteiger partial charge in [0.15, 0.2) is 0 Å². The molecule has 1 aromatic carbocycles. The summed E-state index contributed by atoms with van der Waals surface area (Å²) in [5.41, 5.74) is 1.35. The van der Waals surface area contributed by atoms with Crippen molar-refractivity contribution in [2.75, 3.05) is 18.0 Å². The standard InChI is InChI=1S/C25H20F3N3O3/c26-25(27,28)18-4-2-1-3-17(18)21-20(22(34-30-21)14-5-6-14)16-9-24(10-16)12-31(13-24)19-8-7-15(11-29-19)23(32)33/h1-4,7-9,11,14H,5-6,10,12-13H2,(H,32,33). The van der Waals surface area contributed by atoms with Crippen molar-refractivity contribution in [3.63, 3.8) is 0 Å². The highest BCUT2D eigenvalue weighted by Gasteiger charge is 2.50. The predicted molar refractivity (Wildman–Crippen MR) is 117 cm³/mol. The molecule has 3 heterocycles. The zero-order valence-corrected chi connectivity index (χ0v) is 18.0. The first-order chi connectivity index (χ1) is 16.2. The fourth-order valence-electron chi connectivity index (χ4n) is 5.02. The minimum Gasteiger partial charge on any atom is -0.478 e. The Hall–Kier alpha value is -3.62. The van der Waals surface area contributed by atoms with Crippen LogP contribution in [0.2, 0.25) is 0 Å². The molecule has 34 heavy (non-hydrogen) atoms. The van der Waals surface area contributed by atoms with Crippen LogP contribution in [-0.4, -0.2) is 34.3 Å². The second-order valence-electron chi connectivity index (χ2n) is 9.36.